The van der Waals surface area contributed by atoms with Crippen LogP contribution in [0, 0.1) is 0 Å². The summed E-state index contributed by atoms with van der Waals surface area (Å²) < 4.78 is 10.2. The van der Waals surface area contributed by atoms with E-state index in [0.717, 1.165) is 0 Å². The Bertz CT molecular complexity index is 837. The Morgan fingerprint density at radius 1 is 1.17 bits per heavy atom. The molecule has 24 heavy (non-hydrogen) atoms. The van der Waals surface area contributed by atoms with Crippen LogP contribution in [0.25, 0.3) is 11.6 Å². The topological polar surface area (TPSA) is 124 Å². The number of anilines is 1. The minimum atomic E-state index is -0.517. The SMILES string of the molecule is NC(=O)c1ccc(NC(=O)CCc2nc(-c3ccco3)no2)cc1. The van der Waals surface area contributed by atoms with Gasteiger partial charge >= 0.3 is 0 Å². The minimum Gasteiger partial charge on any atom is -0.461 e. The lowest BCUT2D eigenvalue weighted by Gasteiger charge is -2.04. The van der Waals surface area contributed by atoms with Gasteiger partial charge in [-0.1, -0.05) is 5.16 Å². The van der Waals surface area contributed by atoms with Crippen molar-refractivity contribution in [2.75, 3.05) is 5.32 Å². The van der Waals surface area contributed by atoms with Gasteiger partial charge in [0.25, 0.3) is 0 Å². The number of primary amides is 1. The summed E-state index contributed by atoms with van der Waals surface area (Å²) >= 11 is 0. The summed E-state index contributed by atoms with van der Waals surface area (Å²) in [5, 5.41) is 6.50. The summed E-state index contributed by atoms with van der Waals surface area (Å²) in [5.41, 5.74) is 6.11. The molecular weight excluding hydrogens is 312 g/mol. The van der Waals surface area contributed by atoms with E-state index in [2.05, 4.69) is 15.5 Å². The summed E-state index contributed by atoms with van der Waals surface area (Å²) in [4.78, 5) is 27.1. The van der Waals surface area contributed by atoms with Gasteiger partial charge in [-0.3, -0.25) is 9.59 Å². The van der Waals surface area contributed by atoms with Crippen molar-refractivity contribution >= 4 is 17.5 Å². The van der Waals surface area contributed by atoms with E-state index in [1.165, 1.54) is 6.26 Å². The highest BCUT2D eigenvalue weighted by Gasteiger charge is 2.12. The van der Waals surface area contributed by atoms with Crippen LogP contribution < -0.4 is 11.1 Å². The molecule has 0 atom stereocenters. The molecule has 8 nitrogen and oxygen atoms in total. The number of nitrogens with one attached hydrogen (secondary N) is 1. The van der Waals surface area contributed by atoms with Gasteiger partial charge in [-0.15, -0.1) is 0 Å². The Labute approximate surface area is 136 Å². The molecule has 0 unspecified atom stereocenters. The van der Waals surface area contributed by atoms with E-state index in [0.29, 0.717) is 35.1 Å². The highest BCUT2D eigenvalue weighted by Crippen LogP contribution is 2.16. The molecule has 0 spiro atoms. The molecule has 1 aromatic carbocycles. The van der Waals surface area contributed by atoms with Gasteiger partial charge in [-0.05, 0) is 36.4 Å². The third-order valence-electron chi connectivity index (χ3n) is 3.23. The molecule has 0 aliphatic carbocycles. The van der Waals surface area contributed by atoms with Gasteiger partial charge in [0.2, 0.25) is 23.5 Å². The second-order valence-corrected chi connectivity index (χ2v) is 4.98. The third-order valence-corrected chi connectivity index (χ3v) is 3.23. The fourth-order valence-electron chi connectivity index (χ4n) is 2.02. The van der Waals surface area contributed by atoms with Gasteiger partial charge in [-0.25, -0.2) is 0 Å². The van der Waals surface area contributed by atoms with Crippen molar-refractivity contribution in [2.45, 2.75) is 12.8 Å². The van der Waals surface area contributed by atoms with Crippen LogP contribution in [0.4, 0.5) is 5.69 Å². The number of amides is 2. The largest absolute Gasteiger partial charge is 0.461 e. The summed E-state index contributed by atoms with van der Waals surface area (Å²) in [6.45, 7) is 0. The van der Waals surface area contributed by atoms with Crippen LogP contribution in [-0.4, -0.2) is 22.0 Å². The molecular formula is C16H14N4O4. The summed E-state index contributed by atoms with van der Waals surface area (Å²) in [6, 6.07) is 9.76. The van der Waals surface area contributed by atoms with Crippen molar-refractivity contribution in [3.8, 4) is 11.6 Å². The van der Waals surface area contributed by atoms with Gasteiger partial charge < -0.3 is 20.0 Å². The lowest BCUT2D eigenvalue weighted by Crippen LogP contribution is -2.13. The number of furan rings is 1. The number of carbonyl (C=O) groups excluding carboxylic acids is 2. The Balaban J connectivity index is 1.53. The fourth-order valence-corrected chi connectivity index (χ4v) is 2.02. The van der Waals surface area contributed by atoms with Crippen LogP contribution in [0.15, 0.2) is 51.6 Å². The number of carbonyl (C=O) groups is 2. The predicted octanol–water partition coefficient (Wildman–Crippen LogP) is 2.00. The van der Waals surface area contributed by atoms with Gasteiger partial charge in [0.15, 0.2) is 5.76 Å². The molecule has 8 heteroatoms. The molecule has 0 fully saturated rings. The maximum Gasteiger partial charge on any atom is 0.248 e. The normalized spacial score (nSPS) is 10.5. The minimum absolute atomic E-state index is 0.178. The van der Waals surface area contributed by atoms with Gasteiger partial charge in [0, 0.05) is 24.1 Å². The monoisotopic (exact) mass is 326 g/mol. The fraction of sp³-hybridized carbons (Fsp3) is 0.125. The van der Waals surface area contributed by atoms with E-state index in [-0.39, 0.29) is 12.3 Å². The van der Waals surface area contributed by atoms with Crippen molar-refractivity contribution in [3.05, 3.63) is 54.1 Å². The summed E-state index contributed by atoms with van der Waals surface area (Å²) in [5.74, 6) is 0.471. The average Bonchev–Trinajstić information content (AvgIpc) is 3.25. The second-order valence-electron chi connectivity index (χ2n) is 4.98. The van der Waals surface area contributed by atoms with E-state index in [1.807, 2.05) is 0 Å². The quantitative estimate of drug-likeness (QED) is 0.714. The average molecular weight is 326 g/mol. The first-order chi connectivity index (χ1) is 11.6. The maximum atomic E-state index is 11.9. The number of rotatable bonds is 6. The molecule has 0 saturated carbocycles. The zero-order valence-electron chi connectivity index (χ0n) is 12.6. The molecule has 2 amide bonds. The van der Waals surface area contributed by atoms with Gasteiger partial charge in [0.1, 0.15) is 0 Å². The number of nitrogens with two attached hydrogens (primary N) is 1. The number of hydrogen-bond acceptors (Lipinski definition) is 6. The van der Waals surface area contributed by atoms with Crippen molar-refractivity contribution in [2.24, 2.45) is 5.73 Å². The van der Waals surface area contributed by atoms with Crippen LogP contribution in [-0.2, 0) is 11.2 Å². The highest BCUT2D eigenvalue weighted by atomic mass is 16.5. The summed E-state index contributed by atoms with van der Waals surface area (Å²) in [7, 11) is 0. The maximum absolute atomic E-state index is 11.9. The van der Waals surface area contributed by atoms with Crippen molar-refractivity contribution < 1.29 is 18.5 Å². The molecule has 2 aromatic heterocycles. The van der Waals surface area contributed by atoms with E-state index < -0.39 is 5.91 Å². The molecule has 0 bridgehead atoms. The molecule has 3 N–H and O–H groups in total. The molecule has 3 rings (SSSR count). The Kier molecular flexibility index (Phi) is 4.37. The number of nitrogens with zero attached hydrogens (tertiary/aromatic N) is 2. The molecule has 0 radical (unpaired) electrons. The predicted molar refractivity (Wildman–Crippen MR) is 83.9 cm³/mol. The van der Waals surface area contributed by atoms with E-state index in [1.54, 1.807) is 36.4 Å². The Hall–Kier alpha value is -3.42. The lowest BCUT2D eigenvalue weighted by molar-refractivity contribution is -0.116. The first-order valence-electron chi connectivity index (χ1n) is 7.18. The number of aromatic nitrogens is 2. The Morgan fingerprint density at radius 2 is 1.96 bits per heavy atom. The summed E-state index contributed by atoms with van der Waals surface area (Å²) in [6.07, 6.45) is 2.00. The third kappa shape index (κ3) is 3.67. The van der Waals surface area contributed by atoms with Crippen molar-refractivity contribution in [1.29, 1.82) is 0 Å². The van der Waals surface area contributed by atoms with E-state index in [9.17, 15) is 9.59 Å². The first-order valence-corrected chi connectivity index (χ1v) is 7.18. The van der Waals surface area contributed by atoms with Crippen LogP contribution in [0.5, 0.6) is 0 Å². The lowest BCUT2D eigenvalue weighted by atomic mass is 10.2. The number of benzene rings is 1. The molecule has 122 valence electrons. The van der Waals surface area contributed by atoms with Gasteiger partial charge in [0.05, 0.1) is 6.26 Å². The van der Waals surface area contributed by atoms with Crippen LogP contribution in [0.3, 0.4) is 0 Å². The molecule has 0 aliphatic rings. The zero-order chi connectivity index (χ0) is 16.9. The first kappa shape index (κ1) is 15.5. The Morgan fingerprint density at radius 3 is 2.62 bits per heavy atom. The molecule has 3 aromatic rings. The van der Waals surface area contributed by atoms with E-state index >= 15 is 0 Å². The molecule has 0 aliphatic heterocycles. The molecule has 0 saturated heterocycles. The highest BCUT2D eigenvalue weighted by molar-refractivity contribution is 5.94. The van der Waals surface area contributed by atoms with E-state index in [4.69, 9.17) is 14.7 Å². The smallest absolute Gasteiger partial charge is 0.248 e. The number of aryl methyl sites for hydroxylation is 1. The second kappa shape index (κ2) is 6.78. The van der Waals surface area contributed by atoms with Crippen molar-refractivity contribution in [3.63, 3.8) is 0 Å². The van der Waals surface area contributed by atoms with Crippen molar-refractivity contribution in [1.82, 2.24) is 10.1 Å². The standard InChI is InChI=1S/C16H14N4O4/c17-15(22)10-3-5-11(6-4-10)18-13(21)7-8-14-19-16(20-24-14)12-2-1-9-23-12/h1-6,9H,7-8H2,(H2,17,22)(H,18,21). The van der Waals surface area contributed by atoms with Gasteiger partial charge in [-0.2, -0.15) is 4.98 Å². The van der Waals surface area contributed by atoms with Crippen LogP contribution >= 0.6 is 0 Å². The van der Waals surface area contributed by atoms with Crippen LogP contribution in [0.1, 0.15) is 22.7 Å². The number of hydrogen-bond donors (Lipinski definition) is 2. The zero-order valence-corrected chi connectivity index (χ0v) is 12.6. The molecule has 2 heterocycles. The van der Waals surface area contributed by atoms with Crippen LogP contribution in [0.2, 0.25) is 0 Å².